The fraction of sp³-hybridized carbons (Fsp3) is 0.182. The summed E-state index contributed by atoms with van der Waals surface area (Å²) in [5.41, 5.74) is 0.331. The topological polar surface area (TPSA) is 91.7 Å². The lowest BCUT2D eigenvalue weighted by molar-refractivity contribution is -0.139. The smallest absolute Gasteiger partial charge is 0.335 e. The molecule has 5 heteroatoms. The lowest BCUT2D eigenvalue weighted by Gasteiger charge is -1.88. The van der Waals surface area contributed by atoms with E-state index in [2.05, 4.69) is 0 Å². The van der Waals surface area contributed by atoms with Crippen LogP contribution in [0.4, 0.5) is 0 Å². The largest absolute Gasteiger partial charge is 0.481 e. The Morgan fingerprint density at radius 3 is 1.75 bits per heavy atom. The van der Waals surface area contributed by atoms with Crippen molar-refractivity contribution in [1.82, 2.24) is 0 Å². The summed E-state index contributed by atoms with van der Waals surface area (Å²) in [7, 11) is 0. The number of rotatable bonds is 3. The lowest BCUT2D eigenvalue weighted by Crippen LogP contribution is -2.00. The molecule has 5 nitrogen and oxygen atoms in total. The molecule has 0 saturated heterocycles. The summed E-state index contributed by atoms with van der Waals surface area (Å²) in [5, 5.41) is 16.2. The highest BCUT2D eigenvalue weighted by atomic mass is 16.4. The van der Waals surface area contributed by atoms with Crippen molar-refractivity contribution in [2.75, 3.05) is 0 Å². The zero-order valence-electron chi connectivity index (χ0n) is 8.71. The van der Waals surface area contributed by atoms with Gasteiger partial charge in [-0.15, -0.1) is 0 Å². The first kappa shape index (κ1) is 13.8. The Bertz CT molecular complexity index is 357. The molecule has 0 aliphatic rings. The minimum Gasteiger partial charge on any atom is -0.481 e. The summed E-state index contributed by atoms with van der Waals surface area (Å²) in [5.74, 6) is -2.25. The Morgan fingerprint density at radius 1 is 1.06 bits per heavy atom. The summed E-state index contributed by atoms with van der Waals surface area (Å²) >= 11 is 0. The fourth-order valence-electron chi connectivity index (χ4n) is 0.794. The van der Waals surface area contributed by atoms with E-state index in [1.807, 2.05) is 0 Å². The Labute approximate surface area is 92.3 Å². The average molecular weight is 224 g/mol. The summed E-state index contributed by atoms with van der Waals surface area (Å²) in [6.45, 7) is 1.24. The van der Waals surface area contributed by atoms with Gasteiger partial charge in [0.2, 0.25) is 0 Å². The average Bonchev–Trinajstić information content (AvgIpc) is 2.17. The van der Waals surface area contributed by atoms with Crippen LogP contribution >= 0.6 is 0 Å². The van der Waals surface area contributed by atoms with Crippen LogP contribution in [0.2, 0.25) is 0 Å². The molecule has 0 heterocycles. The maximum Gasteiger partial charge on any atom is 0.335 e. The first-order chi connectivity index (χ1) is 7.43. The van der Waals surface area contributed by atoms with Crippen LogP contribution in [0.3, 0.4) is 0 Å². The molecule has 0 amide bonds. The molecule has 0 unspecified atom stereocenters. The number of Topliss-reactive ketones (excluding diaryl/α,β-unsaturated/α-hetero) is 1. The number of aromatic carboxylic acids is 1. The second kappa shape index (κ2) is 7.17. The SMILES string of the molecule is CC(=O)CC(=O)O.O=C(O)c1ccccc1. The van der Waals surface area contributed by atoms with Crippen LogP contribution in [0.1, 0.15) is 23.7 Å². The van der Waals surface area contributed by atoms with E-state index < -0.39 is 11.9 Å². The van der Waals surface area contributed by atoms with Gasteiger partial charge in [0, 0.05) is 0 Å². The van der Waals surface area contributed by atoms with Crippen LogP contribution in [0.5, 0.6) is 0 Å². The van der Waals surface area contributed by atoms with Crippen molar-refractivity contribution in [2.24, 2.45) is 0 Å². The molecule has 0 fully saturated rings. The number of aliphatic carboxylic acids is 1. The predicted octanol–water partition coefficient (Wildman–Crippen LogP) is 1.43. The summed E-state index contributed by atoms with van der Waals surface area (Å²) in [6, 6.07) is 8.30. The van der Waals surface area contributed by atoms with Crippen molar-refractivity contribution >= 4 is 17.7 Å². The molecule has 16 heavy (non-hydrogen) atoms. The van der Waals surface area contributed by atoms with Crippen molar-refractivity contribution in [2.45, 2.75) is 13.3 Å². The first-order valence-corrected chi connectivity index (χ1v) is 4.43. The Morgan fingerprint density at radius 2 is 1.56 bits per heavy atom. The van der Waals surface area contributed by atoms with Crippen molar-refractivity contribution in [3.63, 3.8) is 0 Å². The summed E-state index contributed by atoms with van der Waals surface area (Å²) in [4.78, 5) is 29.7. The van der Waals surface area contributed by atoms with E-state index in [0.29, 0.717) is 5.56 Å². The third kappa shape index (κ3) is 7.25. The van der Waals surface area contributed by atoms with E-state index in [0.717, 1.165) is 0 Å². The van der Waals surface area contributed by atoms with Crippen LogP contribution in [-0.2, 0) is 9.59 Å². The maximum absolute atomic E-state index is 10.2. The molecule has 0 aliphatic carbocycles. The molecular formula is C11H12O5. The lowest BCUT2D eigenvalue weighted by atomic mass is 10.2. The number of hydrogen-bond donors (Lipinski definition) is 2. The van der Waals surface area contributed by atoms with Crippen molar-refractivity contribution < 1.29 is 24.6 Å². The van der Waals surface area contributed by atoms with Gasteiger partial charge in [0.1, 0.15) is 12.2 Å². The standard InChI is InChI=1S/C7H6O2.C4H6O3/c8-7(9)6-4-2-1-3-5-6;1-3(5)2-4(6)7/h1-5H,(H,8,9);2H2,1H3,(H,6,7). The molecule has 0 aliphatic heterocycles. The molecule has 1 aromatic rings. The van der Waals surface area contributed by atoms with E-state index in [1.165, 1.54) is 6.92 Å². The van der Waals surface area contributed by atoms with Crippen molar-refractivity contribution in [1.29, 1.82) is 0 Å². The molecule has 86 valence electrons. The first-order valence-electron chi connectivity index (χ1n) is 4.43. The van der Waals surface area contributed by atoms with Gasteiger partial charge in [0.25, 0.3) is 0 Å². The highest BCUT2D eigenvalue weighted by molar-refractivity contribution is 5.93. The molecule has 0 radical (unpaired) electrons. The predicted molar refractivity (Wildman–Crippen MR) is 56.3 cm³/mol. The van der Waals surface area contributed by atoms with E-state index in [-0.39, 0.29) is 12.2 Å². The normalized spacial score (nSPS) is 8.56. The van der Waals surface area contributed by atoms with Gasteiger partial charge in [-0.05, 0) is 19.1 Å². The van der Waals surface area contributed by atoms with E-state index >= 15 is 0 Å². The Hall–Kier alpha value is -2.17. The number of hydrogen-bond acceptors (Lipinski definition) is 3. The van der Waals surface area contributed by atoms with Crippen molar-refractivity contribution in [3.05, 3.63) is 35.9 Å². The van der Waals surface area contributed by atoms with Crippen LogP contribution < -0.4 is 0 Å². The van der Waals surface area contributed by atoms with Crippen molar-refractivity contribution in [3.8, 4) is 0 Å². The highest BCUT2D eigenvalue weighted by Crippen LogP contribution is 1.96. The van der Waals surface area contributed by atoms with Crippen LogP contribution in [-0.4, -0.2) is 27.9 Å². The van der Waals surface area contributed by atoms with Gasteiger partial charge in [-0.25, -0.2) is 4.79 Å². The Kier molecular flexibility index (Phi) is 6.19. The molecule has 1 rings (SSSR count). The summed E-state index contributed by atoms with van der Waals surface area (Å²) < 4.78 is 0. The summed E-state index contributed by atoms with van der Waals surface area (Å²) in [6.07, 6.45) is -0.361. The molecular weight excluding hydrogens is 212 g/mol. The Balaban J connectivity index is 0.000000293. The van der Waals surface area contributed by atoms with Gasteiger partial charge in [0.15, 0.2) is 0 Å². The molecule has 0 bridgehead atoms. The van der Waals surface area contributed by atoms with E-state index in [1.54, 1.807) is 30.3 Å². The molecule has 0 saturated carbocycles. The molecule has 0 atom stereocenters. The molecule has 0 spiro atoms. The maximum atomic E-state index is 10.2. The van der Waals surface area contributed by atoms with Gasteiger partial charge in [-0.3, -0.25) is 9.59 Å². The van der Waals surface area contributed by atoms with Gasteiger partial charge in [-0.2, -0.15) is 0 Å². The number of carbonyl (C=O) groups excluding carboxylic acids is 1. The zero-order chi connectivity index (χ0) is 12.6. The minimum absolute atomic E-state index is 0.312. The highest BCUT2D eigenvalue weighted by Gasteiger charge is 1.98. The number of carboxylic acid groups (broad SMARTS) is 2. The fourth-order valence-corrected chi connectivity index (χ4v) is 0.794. The second-order valence-corrected chi connectivity index (χ2v) is 2.94. The quantitative estimate of drug-likeness (QED) is 0.758. The van der Waals surface area contributed by atoms with Gasteiger partial charge in [0.05, 0.1) is 5.56 Å². The third-order valence-corrected chi connectivity index (χ3v) is 1.42. The van der Waals surface area contributed by atoms with Gasteiger partial charge >= 0.3 is 11.9 Å². The van der Waals surface area contributed by atoms with E-state index in [9.17, 15) is 14.4 Å². The number of benzene rings is 1. The third-order valence-electron chi connectivity index (χ3n) is 1.42. The van der Waals surface area contributed by atoms with Crippen LogP contribution in [0, 0.1) is 0 Å². The van der Waals surface area contributed by atoms with Gasteiger partial charge < -0.3 is 10.2 Å². The zero-order valence-corrected chi connectivity index (χ0v) is 8.71. The second-order valence-electron chi connectivity index (χ2n) is 2.94. The number of carbonyl (C=O) groups is 3. The van der Waals surface area contributed by atoms with E-state index in [4.69, 9.17) is 10.2 Å². The minimum atomic E-state index is -1.06. The van der Waals surface area contributed by atoms with Gasteiger partial charge in [-0.1, -0.05) is 18.2 Å². The van der Waals surface area contributed by atoms with Crippen LogP contribution in [0.15, 0.2) is 30.3 Å². The molecule has 1 aromatic carbocycles. The number of ketones is 1. The monoisotopic (exact) mass is 224 g/mol. The molecule has 0 aromatic heterocycles. The van der Waals surface area contributed by atoms with Crippen LogP contribution in [0.25, 0.3) is 0 Å². The number of carboxylic acids is 2. The molecule has 2 N–H and O–H groups in total.